The highest BCUT2D eigenvalue weighted by molar-refractivity contribution is 6.44. The van der Waals surface area contributed by atoms with E-state index in [-0.39, 0.29) is 0 Å². The van der Waals surface area contributed by atoms with Gasteiger partial charge in [0.1, 0.15) is 0 Å². The largest absolute Gasteiger partial charge is 0.397 e. The molecule has 0 aromatic heterocycles. The maximum atomic E-state index is 5.76. The van der Waals surface area contributed by atoms with Crippen LogP contribution in [0.5, 0.6) is 0 Å². The molecule has 0 aromatic carbocycles. The molecular weight excluding hydrogens is 206 g/mol. The normalized spacial score (nSPS) is 11.2. The summed E-state index contributed by atoms with van der Waals surface area (Å²) in [5.41, 5.74) is 5.45. The Hall–Kier alpha value is 0.0969. The zero-order valence-electron chi connectivity index (χ0n) is 10.3. The molecule has 0 aromatic rings. The molecule has 0 aliphatic carbocycles. The molecule has 0 spiro atoms. The van der Waals surface area contributed by atoms with Crippen LogP contribution >= 0.6 is 0 Å². The average molecular weight is 233 g/mol. The Morgan fingerprint density at radius 2 is 1.53 bits per heavy atom. The monoisotopic (exact) mass is 233 g/mol. The van der Waals surface area contributed by atoms with Crippen LogP contribution in [0.2, 0.25) is 6.04 Å². The molecule has 2 N–H and O–H groups in total. The van der Waals surface area contributed by atoms with Crippen molar-refractivity contribution in [2.24, 2.45) is 5.73 Å². The van der Waals surface area contributed by atoms with Crippen molar-refractivity contribution < 1.29 is 8.85 Å². The Kier molecular flexibility index (Phi) is 12.2. The van der Waals surface area contributed by atoms with Crippen molar-refractivity contribution in [2.45, 2.75) is 52.0 Å². The Morgan fingerprint density at radius 1 is 0.933 bits per heavy atom. The second kappa shape index (κ2) is 12.2. The van der Waals surface area contributed by atoms with E-state index >= 15 is 0 Å². The lowest BCUT2D eigenvalue weighted by molar-refractivity contribution is 0.195. The minimum Gasteiger partial charge on any atom is -0.397 e. The molecule has 4 heteroatoms. The van der Waals surface area contributed by atoms with E-state index in [2.05, 4.69) is 13.8 Å². The average Bonchev–Trinajstić information content (AvgIpc) is 2.27. The summed E-state index contributed by atoms with van der Waals surface area (Å²) in [6.45, 7) is 6.80. The summed E-state index contributed by atoms with van der Waals surface area (Å²) in [5, 5.41) is 0. The standard InChI is InChI=1S/C11H27NO2Si/c1-3-9-13-15(14-10-4-2)11-7-5-6-8-12/h15H,3-12H2,1-2H3. The number of nitrogens with two attached hydrogens (primary N) is 1. The zero-order valence-corrected chi connectivity index (χ0v) is 11.5. The molecule has 92 valence electrons. The van der Waals surface area contributed by atoms with Gasteiger partial charge in [-0.1, -0.05) is 26.7 Å². The summed E-state index contributed by atoms with van der Waals surface area (Å²) in [6.07, 6.45) is 5.72. The number of hydrogen-bond acceptors (Lipinski definition) is 3. The fourth-order valence-electron chi connectivity index (χ4n) is 1.35. The van der Waals surface area contributed by atoms with E-state index in [0.29, 0.717) is 0 Å². The van der Waals surface area contributed by atoms with Gasteiger partial charge in [0.2, 0.25) is 0 Å². The lowest BCUT2D eigenvalue weighted by Gasteiger charge is -2.15. The van der Waals surface area contributed by atoms with Gasteiger partial charge in [-0.25, -0.2) is 0 Å². The molecule has 0 atom stereocenters. The van der Waals surface area contributed by atoms with Gasteiger partial charge in [0, 0.05) is 13.2 Å². The first kappa shape index (κ1) is 15.1. The van der Waals surface area contributed by atoms with Crippen LogP contribution in [0.3, 0.4) is 0 Å². The van der Waals surface area contributed by atoms with E-state index in [9.17, 15) is 0 Å². The Bertz CT molecular complexity index is 117. The molecule has 0 amide bonds. The summed E-state index contributed by atoms with van der Waals surface area (Å²) in [6, 6.07) is 1.14. The minimum atomic E-state index is -1.35. The van der Waals surface area contributed by atoms with E-state index in [4.69, 9.17) is 14.6 Å². The van der Waals surface area contributed by atoms with Crippen molar-refractivity contribution in [1.82, 2.24) is 0 Å². The fourth-order valence-corrected chi connectivity index (χ4v) is 3.39. The highest BCUT2D eigenvalue weighted by Gasteiger charge is 2.11. The molecule has 0 fully saturated rings. The van der Waals surface area contributed by atoms with E-state index in [1.807, 2.05) is 0 Å². The van der Waals surface area contributed by atoms with Crippen molar-refractivity contribution >= 4 is 9.28 Å². The molecule has 0 bridgehead atoms. The quantitative estimate of drug-likeness (QED) is 0.439. The van der Waals surface area contributed by atoms with Crippen LogP contribution in [-0.2, 0) is 8.85 Å². The van der Waals surface area contributed by atoms with E-state index in [1.54, 1.807) is 0 Å². The van der Waals surface area contributed by atoms with Gasteiger partial charge in [-0.2, -0.15) is 0 Å². The van der Waals surface area contributed by atoms with Crippen LogP contribution in [0.1, 0.15) is 46.0 Å². The lowest BCUT2D eigenvalue weighted by Crippen LogP contribution is -2.23. The van der Waals surface area contributed by atoms with Gasteiger partial charge >= 0.3 is 9.28 Å². The van der Waals surface area contributed by atoms with Crippen molar-refractivity contribution in [3.63, 3.8) is 0 Å². The predicted molar refractivity (Wildman–Crippen MR) is 67.3 cm³/mol. The van der Waals surface area contributed by atoms with Gasteiger partial charge in [0.05, 0.1) is 0 Å². The molecule has 0 rings (SSSR count). The van der Waals surface area contributed by atoms with Crippen LogP contribution in [0, 0.1) is 0 Å². The molecule has 0 aliphatic heterocycles. The first-order chi connectivity index (χ1) is 7.35. The fraction of sp³-hybridized carbons (Fsp3) is 1.00. The van der Waals surface area contributed by atoms with Gasteiger partial charge in [-0.05, 0) is 31.9 Å². The zero-order chi connectivity index (χ0) is 11.4. The number of hydrogen-bond donors (Lipinski definition) is 1. The maximum Gasteiger partial charge on any atom is 0.321 e. The summed E-state index contributed by atoms with van der Waals surface area (Å²) in [4.78, 5) is 0. The SMILES string of the molecule is CCCO[SiH](CCCCCN)OCCC. The summed E-state index contributed by atoms with van der Waals surface area (Å²) in [5.74, 6) is 0. The second-order valence-corrected chi connectivity index (χ2v) is 5.91. The van der Waals surface area contributed by atoms with Crippen LogP contribution in [0.15, 0.2) is 0 Å². The highest BCUT2D eigenvalue weighted by Crippen LogP contribution is 2.07. The van der Waals surface area contributed by atoms with Gasteiger partial charge in [0.15, 0.2) is 0 Å². The highest BCUT2D eigenvalue weighted by atomic mass is 28.3. The van der Waals surface area contributed by atoms with Crippen LogP contribution in [0.4, 0.5) is 0 Å². The topological polar surface area (TPSA) is 44.5 Å². The summed E-state index contributed by atoms with van der Waals surface area (Å²) >= 11 is 0. The lowest BCUT2D eigenvalue weighted by atomic mass is 10.2. The smallest absolute Gasteiger partial charge is 0.321 e. The maximum absolute atomic E-state index is 5.76. The third-order valence-corrected chi connectivity index (χ3v) is 4.25. The van der Waals surface area contributed by atoms with Gasteiger partial charge < -0.3 is 14.6 Å². The Labute approximate surface area is 96.2 Å². The molecule has 15 heavy (non-hydrogen) atoms. The van der Waals surface area contributed by atoms with Crippen LogP contribution in [0.25, 0.3) is 0 Å². The van der Waals surface area contributed by atoms with Crippen LogP contribution < -0.4 is 5.73 Å². The molecule has 0 radical (unpaired) electrons. The molecule has 0 saturated heterocycles. The van der Waals surface area contributed by atoms with Crippen molar-refractivity contribution in [1.29, 1.82) is 0 Å². The molecular formula is C11H27NO2Si. The van der Waals surface area contributed by atoms with Crippen molar-refractivity contribution in [3.05, 3.63) is 0 Å². The van der Waals surface area contributed by atoms with Gasteiger partial charge in [-0.3, -0.25) is 0 Å². The second-order valence-electron chi connectivity index (χ2n) is 3.81. The third-order valence-electron chi connectivity index (χ3n) is 2.16. The van der Waals surface area contributed by atoms with Gasteiger partial charge in [0.25, 0.3) is 0 Å². The number of unbranched alkanes of at least 4 members (excludes halogenated alkanes) is 2. The summed E-state index contributed by atoms with van der Waals surface area (Å²) in [7, 11) is -1.35. The molecule has 3 nitrogen and oxygen atoms in total. The molecule has 0 heterocycles. The van der Waals surface area contributed by atoms with E-state index in [1.165, 1.54) is 12.8 Å². The van der Waals surface area contributed by atoms with E-state index in [0.717, 1.165) is 45.1 Å². The van der Waals surface area contributed by atoms with Gasteiger partial charge in [-0.15, -0.1) is 0 Å². The first-order valence-corrected chi connectivity index (χ1v) is 8.04. The number of rotatable bonds is 11. The molecule has 0 saturated carbocycles. The van der Waals surface area contributed by atoms with E-state index < -0.39 is 9.28 Å². The predicted octanol–water partition coefficient (Wildman–Crippen LogP) is 2.19. The molecule has 0 aliphatic rings. The summed E-state index contributed by atoms with van der Waals surface area (Å²) < 4.78 is 11.5. The van der Waals surface area contributed by atoms with Crippen molar-refractivity contribution in [2.75, 3.05) is 19.8 Å². The van der Waals surface area contributed by atoms with Crippen molar-refractivity contribution in [3.8, 4) is 0 Å². The van der Waals surface area contributed by atoms with Crippen LogP contribution in [-0.4, -0.2) is 29.0 Å². The third kappa shape index (κ3) is 10.4. The molecule has 0 unspecified atom stereocenters. The Morgan fingerprint density at radius 3 is 2.00 bits per heavy atom. The minimum absolute atomic E-state index is 0.803. The Balaban J connectivity index is 3.49. The first-order valence-electron chi connectivity index (χ1n) is 6.28.